The molecule has 0 aromatic carbocycles. The summed E-state index contributed by atoms with van der Waals surface area (Å²) in [6, 6.07) is 0. The van der Waals surface area contributed by atoms with Crippen molar-refractivity contribution in [1.82, 2.24) is 0 Å². The molecule has 0 aromatic heterocycles. The molecule has 12 heavy (non-hydrogen) atoms. The molecule has 0 unspecified atom stereocenters. The van der Waals surface area contributed by atoms with E-state index in [4.69, 9.17) is 4.74 Å². The molecule has 0 bridgehead atoms. The Balaban J connectivity index is 2.36. The first-order chi connectivity index (χ1) is 5.54. The van der Waals surface area contributed by atoms with Gasteiger partial charge in [-0.3, -0.25) is 0 Å². The molecule has 1 rings (SSSR count). The van der Waals surface area contributed by atoms with E-state index in [2.05, 4.69) is 0 Å². The number of halogens is 3. The summed E-state index contributed by atoms with van der Waals surface area (Å²) in [5.41, 5.74) is 0. The van der Waals surface area contributed by atoms with Gasteiger partial charge in [0.15, 0.2) is 6.10 Å². The zero-order chi connectivity index (χ0) is 9.19. The Morgan fingerprint density at radius 1 is 1.33 bits per heavy atom. The Labute approximate surface area is 69.9 Å². The molecule has 0 saturated carbocycles. The Kier molecular flexibility index (Phi) is 2.99. The van der Waals surface area contributed by atoms with E-state index >= 15 is 0 Å². The minimum absolute atomic E-state index is 0.127. The molecule has 1 aliphatic rings. The maximum absolute atomic E-state index is 12.0. The molecule has 0 spiro atoms. The van der Waals surface area contributed by atoms with Crippen LogP contribution in [-0.2, 0) is 4.74 Å². The van der Waals surface area contributed by atoms with Gasteiger partial charge in [0.25, 0.3) is 0 Å². The van der Waals surface area contributed by atoms with E-state index in [9.17, 15) is 13.2 Å². The van der Waals surface area contributed by atoms with E-state index in [-0.39, 0.29) is 13.0 Å². The number of hydrogen-bond acceptors (Lipinski definition) is 1. The Morgan fingerprint density at radius 3 is 2.33 bits per heavy atom. The molecule has 1 aliphatic heterocycles. The summed E-state index contributed by atoms with van der Waals surface area (Å²) in [7, 11) is 0. The monoisotopic (exact) mass is 182 g/mol. The first kappa shape index (κ1) is 9.84. The van der Waals surface area contributed by atoms with Crippen molar-refractivity contribution in [3.05, 3.63) is 0 Å². The number of alkyl halides is 3. The lowest BCUT2D eigenvalue weighted by Gasteiger charge is -2.29. The van der Waals surface area contributed by atoms with E-state index < -0.39 is 12.3 Å². The second kappa shape index (κ2) is 3.64. The maximum Gasteiger partial charge on any atom is 0.414 e. The van der Waals surface area contributed by atoms with Crippen LogP contribution in [0.2, 0.25) is 0 Å². The molecule has 1 saturated heterocycles. The largest absolute Gasteiger partial charge is 0.414 e. The minimum Gasteiger partial charge on any atom is -0.368 e. The molecule has 2 atom stereocenters. The molecule has 0 N–H and O–H groups in total. The van der Waals surface area contributed by atoms with Crippen molar-refractivity contribution < 1.29 is 17.9 Å². The van der Waals surface area contributed by atoms with Crippen LogP contribution < -0.4 is 0 Å². The maximum atomic E-state index is 12.0. The highest BCUT2D eigenvalue weighted by atomic mass is 19.4. The van der Waals surface area contributed by atoms with Gasteiger partial charge < -0.3 is 4.74 Å². The zero-order valence-corrected chi connectivity index (χ0v) is 7.03. The quantitative estimate of drug-likeness (QED) is 0.605. The average molecular weight is 182 g/mol. The van der Waals surface area contributed by atoms with Gasteiger partial charge in [-0.2, -0.15) is 13.2 Å². The second-order valence-electron chi connectivity index (χ2n) is 3.22. The lowest BCUT2D eigenvalue weighted by atomic mass is 9.96. The van der Waals surface area contributed by atoms with E-state index in [1.54, 1.807) is 0 Å². The molecular formula is C8H13F3O. The lowest BCUT2D eigenvalue weighted by molar-refractivity contribution is -0.235. The van der Waals surface area contributed by atoms with Gasteiger partial charge in [0.2, 0.25) is 0 Å². The fraction of sp³-hybridized carbons (Fsp3) is 1.00. The smallest absolute Gasteiger partial charge is 0.368 e. The highest BCUT2D eigenvalue weighted by Crippen LogP contribution is 2.32. The Bertz CT molecular complexity index is 136. The first-order valence-electron chi connectivity index (χ1n) is 4.22. The van der Waals surface area contributed by atoms with Gasteiger partial charge in [-0.05, 0) is 18.8 Å². The van der Waals surface area contributed by atoms with E-state index in [1.807, 2.05) is 6.92 Å². The zero-order valence-electron chi connectivity index (χ0n) is 7.03. The van der Waals surface area contributed by atoms with Gasteiger partial charge in [0.05, 0.1) is 6.61 Å². The Morgan fingerprint density at radius 2 is 2.00 bits per heavy atom. The molecule has 0 amide bonds. The van der Waals surface area contributed by atoms with Crippen LogP contribution in [0.1, 0.15) is 26.2 Å². The molecule has 0 radical (unpaired) electrons. The van der Waals surface area contributed by atoms with Crippen LogP contribution in [-0.4, -0.2) is 18.9 Å². The van der Waals surface area contributed by atoms with Crippen LogP contribution in [0.5, 0.6) is 0 Å². The fourth-order valence-corrected chi connectivity index (χ4v) is 1.39. The van der Waals surface area contributed by atoms with Gasteiger partial charge >= 0.3 is 6.18 Å². The highest BCUT2D eigenvalue weighted by Gasteiger charge is 2.42. The number of rotatable bonds is 1. The molecule has 0 aliphatic carbocycles. The van der Waals surface area contributed by atoms with Gasteiger partial charge in [-0.15, -0.1) is 0 Å². The summed E-state index contributed by atoms with van der Waals surface area (Å²) in [6.45, 7) is 2.24. The van der Waals surface area contributed by atoms with E-state index in [1.165, 1.54) is 0 Å². The van der Waals surface area contributed by atoms with Crippen molar-refractivity contribution in [1.29, 1.82) is 0 Å². The van der Waals surface area contributed by atoms with Crippen molar-refractivity contribution in [2.24, 2.45) is 5.92 Å². The number of ether oxygens (including phenoxy) is 1. The normalized spacial score (nSPS) is 32.0. The number of hydrogen-bond donors (Lipinski definition) is 0. The minimum atomic E-state index is -4.17. The van der Waals surface area contributed by atoms with Crippen LogP contribution in [0.3, 0.4) is 0 Å². The Hall–Kier alpha value is -0.250. The van der Waals surface area contributed by atoms with Crippen LogP contribution in [0, 0.1) is 5.92 Å². The van der Waals surface area contributed by atoms with Gasteiger partial charge in [-0.25, -0.2) is 0 Å². The molecule has 1 nitrogen and oxygen atoms in total. The molecule has 4 heteroatoms. The predicted molar refractivity (Wildman–Crippen MR) is 38.8 cm³/mol. The lowest BCUT2D eigenvalue weighted by Crippen LogP contribution is -2.37. The second-order valence-corrected chi connectivity index (χ2v) is 3.22. The summed E-state index contributed by atoms with van der Waals surface area (Å²) >= 11 is 0. The van der Waals surface area contributed by atoms with Crippen molar-refractivity contribution in [3.63, 3.8) is 0 Å². The molecular weight excluding hydrogens is 169 g/mol. The van der Waals surface area contributed by atoms with Gasteiger partial charge in [-0.1, -0.05) is 13.3 Å². The summed E-state index contributed by atoms with van der Waals surface area (Å²) < 4.78 is 40.9. The van der Waals surface area contributed by atoms with Crippen molar-refractivity contribution in [2.75, 3.05) is 6.61 Å². The molecule has 72 valence electrons. The van der Waals surface area contributed by atoms with Crippen LogP contribution >= 0.6 is 0 Å². The molecule has 1 fully saturated rings. The summed E-state index contributed by atoms with van der Waals surface area (Å²) in [5, 5.41) is 0. The topological polar surface area (TPSA) is 9.23 Å². The van der Waals surface area contributed by atoms with E-state index in [0.717, 1.165) is 6.42 Å². The van der Waals surface area contributed by atoms with Crippen molar-refractivity contribution in [2.45, 2.75) is 38.5 Å². The van der Waals surface area contributed by atoms with Crippen LogP contribution in [0.4, 0.5) is 13.2 Å². The predicted octanol–water partition coefficient (Wildman–Crippen LogP) is 2.75. The van der Waals surface area contributed by atoms with Gasteiger partial charge in [0, 0.05) is 0 Å². The third-order valence-corrected chi connectivity index (χ3v) is 2.31. The van der Waals surface area contributed by atoms with Gasteiger partial charge in [0.1, 0.15) is 0 Å². The average Bonchev–Trinajstić information content (AvgIpc) is 2.03. The van der Waals surface area contributed by atoms with Crippen LogP contribution in [0.15, 0.2) is 0 Å². The fourth-order valence-electron chi connectivity index (χ4n) is 1.39. The summed E-state index contributed by atoms with van der Waals surface area (Å²) in [4.78, 5) is 0. The summed E-state index contributed by atoms with van der Waals surface area (Å²) in [5.74, 6) is 0.323. The molecule has 1 heterocycles. The third kappa shape index (κ3) is 2.37. The van der Waals surface area contributed by atoms with E-state index in [0.29, 0.717) is 12.3 Å². The SMILES string of the molecule is CC[C@H]1CC[C@H](C(F)(F)F)OC1. The van der Waals surface area contributed by atoms with Crippen molar-refractivity contribution in [3.8, 4) is 0 Å². The van der Waals surface area contributed by atoms with Crippen LogP contribution in [0.25, 0.3) is 0 Å². The summed E-state index contributed by atoms with van der Waals surface area (Å²) in [6.07, 6.45) is -4.01. The first-order valence-corrected chi connectivity index (χ1v) is 4.22. The highest BCUT2D eigenvalue weighted by molar-refractivity contribution is 4.74. The third-order valence-electron chi connectivity index (χ3n) is 2.31. The molecule has 0 aromatic rings. The van der Waals surface area contributed by atoms with Crippen molar-refractivity contribution >= 4 is 0 Å². The standard InChI is InChI=1S/C8H13F3O/c1-2-6-3-4-7(12-5-6)8(9,10)11/h6-7H,2-5H2,1H3/t6-,7+/m0/s1.